The summed E-state index contributed by atoms with van der Waals surface area (Å²) in [7, 11) is -3.64. The molecule has 0 saturated carbocycles. The van der Waals surface area contributed by atoms with Gasteiger partial charge in [-0.15, -0.1) is 0 Å². The van der Waals surface area contributed by atoms with Crippen LogP contribution in [0.3, 0.4) is 0 Å². The number of benzene rings is 1. The third-order valence-corrected chi connectivity index (χ3v) is 5.54. The summed E-state index contributed by atoms with van der Waals surface area (Å²) in [5.41, 5.74) is 1.86. The Kier molecular flexibility index (Phi) is 4.22. The van der Waals surface area contributed by atoms with E-state index in [1.807, 2.05) is 25.2 Å². The van der Waals surface area contributed by atoms with Gasteiger partial charge < -0.3 is 0 Å². The van der Waals surface area contributed by atoms with Crippen LogP contribution in [0.15, 0.2) is 70.7 Å². The first kappa shape index (κ1) is 15.7. The van der Waals surface area contributed by atoms with Crippen LogP contribution in [-0.4, -0.2) is 14.1 Å². The van der Waals surface area contributed by atoms with Crippen molar-refractivity contribution in [2.24, 2.45) is 22.9 Å². The average molecular weight is 328 g/mol. The maximum Gasteiger partial charge on any atom is 0.276 e. The van der Waals surface area contributed by atoms with E-state index >= 15 is 0 Å². The van der Waals surface area contributed by atoms with E-state index in [-0.39, 0.29) is 22.6 Å². The first-order chi connectivity index (χ1) is 11.0. The zero-order chi connectivity index (χ0) is 16.4. The minimum absolute atomic E-state index is 0.0342. The van der Waals surface area contributed by atoms with E-state index in [0.717, 1.165) is 11.3 Å². The maximum atomic E-state index is 12.4. The number of aryl methyl sites for hydroxylation is 1. The van der Waals surface area contributed by atoms with Crippen molar-refractivity contribution in [2.45, 2.75) is 18.7 Å². The lowest BCUT2D eigenvalue weighted by Gasteiger charge is -2.29. The molecule has 23 heavy (non-hydrogen) atoms. The van der Waals surface area contributed by atoms with E-state index in [1.165, 1.54) is 0 Å². The number of hydrazone groups is 1. The third-order valence-electron chi connectivity index (χ3n) is 4.32. The smallest absolute Gasteiger partial charge is 0.200 e. The summed E-state index contributed by atoms with van der Waals surface area (Å²) >= 11 is 0. The molecule has 2 bridgehead atoms. The van der Waals surface area contributed by atoms with Gasteiger partial charge in [0.2, 0.25) is 0 Å². The van der Waals surface area contributed by atoms with Gasteiger partial charge in [-0.3, -0.25) is 0 Å². The molecular weight excluding hydrogens is 308 g/mol. The van der Waals surface area contributed by atoms with Crippen LogP contribution in [0.2, 0.25) is 0 Å². The molecule has 1 aromatic carbocycles. The standard InChI is InChI=1S/C18H20N2O2S/c1-13-7-11-17(12-8-13)23(21,22)20-19-18-14(2)15-5-3-4-6-16(18)10-9-15/h3-12,14-16,20H,1-2H3/b5-3+,6-4?,19-18+/t14-,15+,16-/m1/s1. The first-order valence-electron chi connectivity index (χ1n) is 7.66. The summed E-state index contributed by atoms with van der Waals surface area (Å²) < 4.78 is 24.8. The van der Waals surface area contributed by atoms with Crippen molar-refractivity contribution >= 4 is 15.7 Å². The van der Waals surface area contributed by atoms with E-state index in [0.29, 0.717) is 0 Å². The fourth-order valence-electron chi connectivity index (χ4n) is 2.84. The highest BCUT2D eigenvalue weighted by atomic mass is 32.2. The minimum atomic E-state index is -3.64. The van der Waals surface area contributed by atoms with E-state index in [9.17, 15) is 8.42 Å². The fourth-order valence-corrected chi connectivity index (χ4v) is 3.67. The van der Waals surface area contributed by atoms with E-state index in [1.54, 1.807) is 24.3 Å². The van der Waals surface area contributed by atoms with Gasteiger partial charge >= 0.3 is 0 Å². The van der Waals surface area contributed by atoms with Crippen LogP contribution in [0.4, 0.5) is 0 Å². The highest BCUT2D eigenvalue weighted by molar-refractivity contribution is 7.89. The summed E-state index contributed by atoms with van der Waals surface area (Å²) in [4.78, 5) is 2.62. The predicted molar refractivity (Wildman–Crippen MR) is 92.5 cm³/mol. The second kappa shape index (κ2) is 6.16. The lowest BCUT2D eigenvalue weighted by Crippen LogP contribution is -2.32. The Morgan fingerprint density at radius 2 is 1.70 bits per heavy atom. The summed E-state index contributed by atoms with van der Waals surface area (Å²) in [6, 6.07) is 6.74. The molecule has 0 amide bonds. The van der Waals surface area contributed by atoms with Gasteiger partial charge in [0.05, 0.1) is 10.6 Å². The van der Waals surface area contributed by atoms with Gasteiger partial charge in [0.25, 0.3) is 10.0 Å². The molecule has 0 saturated heterocycles. The van der Waals surface area contributed by atoms with Crippen molar-refractivity contribution < 1.29 is 8.42 Å². The molecule has 4 nitrogen and oxygen atoms in total. The summed E-state index contributed by atoms with van der Waals surface area (Å²) in [6.45, 7) is 3.99. The second-order valence-electron chi connectivity index (χ2n) is 5.99. The fraction of sp³-hybridized carbons (Fsp3) is 0.278. The van der Waals surface area contributed by atoms with Crippen LogP contribution < -0.4 is 4.83 Å². The molecule has 0 aliphatic heterocycles. The van der Waals surface area contributed by atoms with Crippen molar-refractivity contribution in [3.05, 3.63) is 66.3 Å². The Morgan fingerprint density at radius 3 is 2.43 bits per heavy atom. The number of nitrogens with one attached hydrogen (secondary N) is 1. The SMILES string of the molecule is Cc1ccc(S(=O)(=O)N/N=C2/[C@@H]3C=C/C=C/[C@@H](C=C3)[C@H]2C)cc1. The van der Waals surface area contributed by atoms with Crippen molar-refractivity contribution in [1.82, 2.24) is 4.83 Å². The molecule has 3 aliphatic carbocycles. The van der Waals surface area contributed by atoms with E-state index in [4.69, 9.17) is 0 Å². The lowest BCUT2D eigenvalue weighted by molar-refractivity contribution is 0.577. The van der Waals surface area contributed by atoms with Crippen molar-refractivity contribution in [1.29, 1.82) is 0 Å². The Morgan fingerprint density at radius 1 is 1.00 bits per heavy atom. The number of rotatable bonds is 3. The topological polar surface area (TPSA) is 58.5 Å². The molecule has 3 aliphatic rings. The molecule has 0 fully saturated rings. The highest BCUT2D eigenvalue weighted by Crippen LogP contribution is 2.29. The number of allylic oxidation sites excluding steroid dienone is 6. The van der Waals surface area contributed by atoms with Gasteiger partial charge in [0, 0.05) is 17.8 Å². The first-order valence-corrected chi connectivity index (χ1v) is 9.15. The largest absolute Gasteiger partial charge is 0.276 e. The van der Waals surface area contributed by atoms with Crippen LogP contribution in [-0.2, 0) is 10.0 Å². The van der Waals surface area contributed by atoms with Crippen LogP contribution in [0.1, 0.15) is 12.5 Å². The number of sulfonamides is 1. The van der Waals surface area contributed by atoms with Gasteiger partial charge in [-0.1, -0.05) is 61.1 Å². The van der Waals surface area contributed by atoms with E-state index in [2.05, 4.69) is 35.1 Å². The molecule has 0 spiro atoms. The monoisotopic (exact) mass is 328 g/mol. The number of nitrogens with zero attached hydrogens (tertiary/aromatic N) is 1. The maximum absolute atomic E-state index is 12.4. The third kappa shape index (κ3) is 3.29. The van der Waals surface area contributed by atoms with Gasteiger partial charge in [0.15, 0.2) is 0 Å². The van der Waals surface area contributed by atoms with Crippen LogP contribution in [0.5, 0.6) is 0 Å². The minimum Gasteiger partial charge on any atom is -0.200 e. The molecule has 120 valence electrons. The quantitative estimate of drug-likeness (QED) is 0.684. The highest BCUT2D eigenvalue weighted by Gasteiger charge is 2.28. The van der Waals surface area contributed by atoms with Crippen molar-refractivity contribution in [2.75, 3.05) is 0 Å². The van der Waals surface area contributed by atoms with E-state index < -0.39 is 10.0 Å². The molecule has 1 aromatic rings. The van der Waals surface area contributed by atoms with Crippen LogP contribution >= 0.6 is 0 Å². The van der Waals surface area contributed by atoms with Gasteiger partial charge in [0.1, 0.15) is 0 Å². The summed E-state index contributed by atoms with van der Waals surface area (Å²) in [5.74, 6) is 0.442. The molecule has 0 unspecified atom stereocenters. The zero-order valence-corrected chi connectivity index (χ0v) is 14.0. The normalized spacial score (nSPS) is 29.3. The average Bonchev–Trinajstić information content (AvgIpc) is 2.48. The van der Waals surface area contributed by atoms with Gasteiger partial charge in [-0.05, 0) is 19.1 Å². The molecule has 0 radical (unpaired) electrons. The zero-order valence-electron chi connectivity index (χ0n) is 13.2. The lowest BCUT2D eigenvalue weighted by atomic mass is 9.77. The molecular formula is C18H20N2O2S. The molecule has 1 N–H and O–H groups in total. The molecule has 4 rings (SSSR count). The number of hydrogen-bond donors (Lipinski definition) is 1. The second-order valence-corrected chi connectivity index (χ2v) is 7.65. The Balaban J connectivity index is 1.87. The van der Waals surface area contributed by atoms with Gasteiger partial charge in [-0.25, -0.2) is 4.83 Å². The summed E-state index contributed by atoms with van der Waals surface area (Å²) in [5, 5.41) is 4.26. The number of hydrogen-bond acceptors (Lipinski definition) is 3. The van der Waals surface area contributed by atoms with Crippen LogP contribution in [0.25, 0.3) is 0 Å². The molecule has 5 heteroatoms. The Labute approximate surface area is 137 Å². The molecule has 0 heterocycles. The Hall–Kier alpha value is -2.14. The Bertz CT molecular complexity index is 802. The van der Waals surface area contributed by atoms with Crippen molar-refractivity contribution in [3.8, 4) is 0 Å². The molecule has 0 aromatic heterocycles. The summed E-state index contributed by atoms with van der Waals surface area (Å²) in [6.07, 6.45) is 12.4. The van der Waals surface area contributed by atoms with Crippen LogP contribution in [0, 0.1) is 24.7 Å². The predicted octanol–water partition coefficient (Wildman–Crippen LogP) is 3.19. The van der Waals surface area contributed by atoms with Gasteiger partial charge in [-0.2, -0.15) is 13.5 Å². The van der Waals surface area contributed by atoms with Crippen molar-refractivity contribution in [3.63, 3.8) is 0 Å². The number of fused-ring (bicyclic) bond motifs is 2. The molecule has 3 atom stereocenters.